The normalized spacial score (nSPS) is 10.6. The molecule has 3 rings (SSSR count). The van der Waals surface area contributed by atoms with Crippen LogP contribution >= 0.6 is 0 Å². The number of rotatable bonds is 7. The maximum Gasteiger partial charge on any atom is 0.0418 e. The Morgan fingerprint density at radius 1 is 0.731 bits per heavy atom. The molecule has 0 atom stereocenters. The zero-order valence-corrected chi connectivity index (χ0v) is 16.0. The average Bonchev–Trinajstić information content (AvgIpc) is 2.65. The standard InChI is InChI=1S/C24H28N2/c1-4-7-20-17-23(25-21-12-10-19(5-2)11-13-21)14-15-24(20)26-22-9-6-8-18(3)16-22/h6,8-17,25-26H,4-5,7H2,1-3H3. The monoisotopic (exact) mass is 344 g/mol. The molecule has 2 N–H and O–H groups in total. The molecule has 0 saturated heterocycles. The van der Waals surface area contributed by atoms with E-state index < -0.39 is 0 Å². The Balaban J connectivity index is 1.81. The lowest BCUT2D eigenvalue weighted by Gasteiger charge is -2.15. The van der Waals surface area contributed by atoms with Crippen molar-refractivity contribution in [1.82, 2.24) is 0 Å². The van der Waals surface area contributed by atoms with E-state index in [9.17, 15) is 0 Å². The average molecular weight is 345 g/mol. The first-order valence-electron chi connectivity index (χ1n) is 9.50. The summed E-state index contributed by atoms with van der Waals surface area (Å²) >= 11 is 0. The third-order valence-electron chi connectivity index (χ3n) is 4.57. The van der Waals surface area contributed by atoms with E-state index in [1.54, 1.807) is 0 Å². The zero-order chi connectivity index (χ0) is 18.4. The molecule has 0 aliphatic carbocycles. The van der Waals surface area contributed by atoms with E-state index in [4.69, 9.17) is 0 Å². The van der Waals surface area contributed by atoms with Gasteiger partial charge in [0.1, 0.15) is 0 Å². The number of aryl methyl sites for hydroxylation is 3. The van der Waals surface area contributed by atoms with Gasteiger partial charge in [-0.1, -0.05) is 44.5 Å². The van der Waals surface area contributed by atoms with Crippen molar-refractivity contribution in [3.63, 3.8) is 0 Å². The zero-order valence-electron chi connectivity index (χ0n) is 16.0. The van der Waals surface area contributed by atoms with E-state index in [1.807, 2.05) is 0 Å². The second-order valence-electron chi connectivity index (χ2n) is 6.79. The highest BCUT2D eigenvalue weighted by Gasteiger charge is 2.05. The molecule has 0 aliphatic heterocycles. The van der Waals surface area contributed by atoms with Gasteiger partial charge in [-0.2, -0.15) is 0 Å². The van der Waals surface area contributed by atoms with Crippen molar-refractivity contribution in [3.05, 3.63) is 83.4 Å². The minimum atomic E-state index is 1.05. The number of hydrogen-bond donors (Lipinski definition) is 2. The molecule has 3 aromatic rings. The van der Waals surface area contributed by atoms with Crippen LogP contribution in [-0.2, 0) is 12.8 Å². The van der Waals surface area contributed by atoms with Gasteiger partial charge in [-0.15, -0.1) is 0 Å². The molecule has 26 heavy (non-hydrogen) atoms. The molecular weight excluding hydrogens is 316 g/mol. The molecule has 134 valence electrons. The van der Waals surface area contributed by atoms with E-state index in [2.05, 4.69) is 98.1 Å². The van der Waals surface area contributed by atoms with Crippen molar-refractivity contribution in [3.8, 4) is 0 Å². The second-order valence-corrected chi connectivity index (χ2v) is 6.79. The summed E-state index contributed by atoms with van der Waals surface area (Å²) in [6, 6.07) is 23.8. The summed E-state index contributed by atoms with van der Waals surface area (Å²) in [7, 11) is 0. The predicted octanol–water partition coefficient (Wildman–Crippen LogP) is 7.00. The minimum absolute atomic E-state index is 1.05. The Hall–Kier alpha value is -2.74. The van der Waals surface area contributed by atoms with Crippen LogP contribution in [0.1, 0.15) is 37.0 Å². The van der Waals surface area contributed by atoms with Crippen molar-refractivity contribution in [2.24, 2.45) is 0 Å². The predicted molar refractivity (Wildman–Crippen MR) is 114 cm³/mol. The van der Waals surface area contributed by atoms with E-state index in [1.165, 1.54) is 22.4 Å². The van der Waals surface area contributed by atoms with Gasteiger partial charge in [0, 0.05) is 22.7 Å². The molecule has 2 nitrogen and oxygen atoms in total. The van der Waals surface area contributed by atoms with Crippen LogP contribution in [0.2, 0.25) is 0 Å². The third kappa shape index (κ3) is 4.66. The Labute approximate surface area is 157 Å². The van der Waals surface area contributed by atoms with Crippen LogP contribution in [0.4, 0.5) is 22.7 Å². The van der Waals surface area contributed by atoms with Gasteiger partial charge in [0.25, 0.3) is 0 Å². The van der Waals surface area contributed by atoms with E-state index in [-0.39, 0.29) is 0 Å². The van der Waals surface area contributed by atoms with Crippen molar-refractivity contribution < 1.29 is 0 Å². The first-order chi connectivity index (χ1) is 12.7. The van der Waals surface area contributed by atoms with Gasteiger partial charge in [-0.05, 0) is 78.9 Å². The lowest BCUT2D eigenvalue weighted by molar-refractivity contribution is 0.924. The summed E-state index contributed by atoms with van der Waals surface area (Å²) in [5.41, 5.74) is 8.55. The maximum absolute atomic E-state index is 3.58. The number of benzene rings is 3. The number of anilines is 4. The third-order valence-corrected chi connectivity index (χ3v) is 4.57. The first kappa shape index (κ1) is 18.1. The lowest BCUT2D eigenvalue weighted by Crippen LogP contribution is -1.99. The quantitative estimate of drug-likeness (QED) is 0.482. The van der Waals surface area contributed by atoms with Crippen LogP contribution in [0, 0.1) is 6.92 Å². The first-order valence-corrected chi connectivity index (χ1v) is 9.50. The van der Waals surface area contributed by atoms with Gasteiger partial charge in [0.2, 0.25) is 0 Å². The lowest BCUT2D eigenvalue weighted by atomic mass is 10.1. The van der Waals surface area contributed by atoms with Crippen LogP contribution in [-0.4, -0.2) is 0 Å². The molecule has 0 aliphatic rings. The van der Waals surface area contributed by atoms with Crippen molar-refractivity contribution >= 4 is 22.7 Å². The van der Waals surface area contributed by atoms with Crippen molar-refractivity contribution in [2.45, 2.75) is 40.0 Å². The highest BCUT2D eigenvalue weighted by molar-refractivity contribution is 5.69. The van der Waals surface area contributed by atoms with Gasteiger partial charge in [0.15, 0.2) is 0 Å². The Kier molecular flexibility index (Phi) is 5.96. The van der Waals surface area contributed by atoms with Crippen LogP contribution < -0.4 is 10.6 Å². The molecule has 0 bridgehead atoms. The molecule has 2 heteroatoms. The largest absolute Gasteiger partial charge is 0.356 e. The Bertz CT molecular complexity index is 850. The smallest absolute Gasteiger partial charge is 0.0418 e. The molecule has 0 aromatic heterocycles. The minimum Gasteiger partial charge on any atom is -0.356 e. The van der Waals surface area contributed by atoms with Gasteiger partial charge in [-0.25, -0.2) is 0 Å². The van der Waals surface area contributed by atoms with E-state index in [0.29, 0.717) is 0 Å². The fraction of sp³-hybridized carbons (Fsp3) is 0.250. The molecule has 0 saturated carbocycles. The van der Waals surface area contributed by atoms with Crippen LogP contribution in [0.25, 0.3) is 0 Å². The summed E-state index contributed by atoms with van der Waals surface area (Å²) in [6.07, 6.45) is 3.25. The summed E-state index contributed by atoms with van der Waals surface area (Å²) in [4.78, 5) is 0. The summed E-state index contributed by atoms with van der Waals surface area (Å²) in [5.74, 6) is 0. The van der Waals surface area contributed by atoms with Gasteiger partial charge in [0.05, 0.1) is 0 Å². The Morgan fingerprint density at radius 3 is 2.15 bits per heavy atom. The van der Waals surface area contributed by atoms with Gasteiger partial charge < -0.3 is 10.6 Å². The van der Waals surface area contributed by atoms with Gasteiger partial charge >= 0.3 is 0 Å². The topological polar surface area (TPSA) is 24.1 Å². The van der Waals surface area contributed by atoms with E-state index >= 15 is 0 Å². The SMILES string of the molecule is CCCc1cc(Nc2ccc(CC)cc2)ccc1Nc1cccc(C)c1. The van der Waals surface area contributed by atoms with Crippen LogP contribution in [0.3, 0.4) is 0 Å². The molecule has 0 unspecified atom stereocenters. The number of hydrogen-bond acceptors (Lipinski definition) is 2. The Morgan fingerprint density at radius 2 is 1.46 bits per heavy atom. The highest BCUT2D eigenvalue weighted by Crippen LogP contribution is 2.27. The highest BCUT2D eigenvalue weighted by atomic mass is 14.9. The molecule has 3 aromatic carbocycles. The fourth-order valence-corrected chi connectivity index (χ4v) is 3.14. The van der Waals surface area contributed by atoms with E-state index in [0.717, 1.165) is 36.3 Å². The van der Waals surface area contributed by atoms with Crippen LogP contribution in [0.15, 0.2) is 66.7 Å². The molecule has 0 amide bonds. The fourth-order valence-electron chi connectivity index (χ4n) is 3.14. The number of nitrogens with one attached hydrogen (secondary N) is 2. The molecule has 0 heterocycles. The molecule has 0 fully saturated rings. The summed E-state index contributed by atoms with van der Waals surface area (Å²) in [5, 5.41) is 7.10. The molecular formula is C24H28N2. The van der Waals surface area contributed by atoms with Crippen molar-refractivity contribution in [1.29, 1.82) is 0 Å². The van der Waals surface area contributed by atoms with Crippen molar-refractivity contribution in [2.75, 3.05) is 10.6 Å². The summed E-state index contributed by atoms with van der Waals surface area (Å²) in [6.45, 7) is 6.52. The maximum atomic E-state index is 3.58. The summed E-state index contributed by atoms with van der Waals surface area (Å²) < 4.78 is 0. The van der Waals surface area contributed by atoms with Crippen LogP contribution in [0.5, 0.6) is 0 Å². The van der Waals surface area contributed by atoms with Gasteiger partial charge in [-0.3, -0.25) is 0 Å². The molecule has 0 radical (unpaired) electrons. The second kappa shape index (κ2) is 8.57. The molecule has 0 spiro atoms.